The first kappa shape index (κ1) is 21.5. The van der Waals surface area contributed by atoms with Gasteiger partial charge in [-0.15, -0.1) is 11.3 Å². The Labute approximate surface area is 184 Å². The second kappa shape index (κ2) is 8.10. The molecule has 164 valence electrons. The van der Waals surface area contributed by atoms with Gasteiger partial charge in [-0.3, -0.25) is 4.79 Å². The fourth-order valence-electron chi connectivity index (χ4n) is 3.86. The fraction of sp³-hybridized carbons (Fsp3) is 0.333. The summed E-state index contributed by atoms with van der Waals surface area (Å²) in [7, 11) is -2.68. The molecule has 1 aliphatic carbocycles. The maximum absolute atomic E-state index is 13.0. The number of carbonyl (C=O) groups is 2. The van der Waals surface area contributed by atoms with Crippen LogP contribution in [0.15, 0.2) is 52.7 Å². The van der Waals surface area contributed by atoms with Crippen molar-refractivity contribution >= 4 is 39.0 Å². The van der Waals surface area contributed by atoms with E-state index in [1.165, 1.54) is 13.2 Å². The molecule has 2 aliphatic rings. The molecule has 31 heavy (non-hydrogen) atoms. The van der Waals surface area contributed by atoms with Crippen molar-refractivity contribution < 1.29 is 27.9 Å². The molecule has 4 rings (SSSR count). The van der Waals surface area contributed by atoms with Crippen molar-refractivity contribution in [2.75, 3.05) is 20.2 Å². The van der Waals surface area contributed by atoms with Gasteiger partial charge in [0.25, 0.3) is 10.0 Å². The van der Waals surface area contributed by atoms with Gasteiger partial charge in [-0.1, -0.05) is 36.4 Å². The molecule has 2 aromatic rings. The smallest absolute Gasteiger partial charge is 0.409 e. The number of hydrogen-bond donors (Lipinski definition) is 2. The molecule has 1 saturated carbocycles. The number of ether oxygens (including phenoxy) is 1. The van der Waals surface area contributed by atoms with Crippen LogP contribution in [0.5, 0.6) is 0 Å². The lowest BCUT2D eigenvalue weighted by molar-refractivity contribution is -0.140. The largest absolute Gasteiger partial charge is 0.480 e. The van der Waals surface area contributed by atoms with Gasteiger partial charge in [-0.05, 0) is 36.1 Å². The normalized spacial score (nSPS) is 23.2. The van der Waals surface area contributed by atoms with Crippen LogP contribution >= 0.6 is 11.3 Å². The van der Waals surface area contributed by atoms with E-state index in [0.29, 0.717) is 19.5 Å². The number of methoxy groups -OCH3 is 1. The summed E-state index contributed by atoms with van der Waals surface area (Å²) in [5.74, 6) is -1.59. The number of nitrogens with zero attached hydrogens (tertiary/aromatic N) is 1. The zero-order valence-electron chi connectivity index (χ0n) is 16.8. The number of rotatable bonds is 6. The van der Waals surface area contributed by atoms with Crippen LogP contribution in [0.1, 0.15) is 29.2 Å². The highest BCUT2D eigenvalue weighted by atomic mass is 32.2. The monoisotopic (exact) mass is 462 g/mol. The molecule has 1 aromatic heterocycles. The maximum atomic E-state index is 13.0. The first-order valence-electron chi connectivity index (χ1n) is 9.71. The molecule has 8 nitrogen and oxygen atoms in total. The molecule has 1 amide bonds. The molecule has 2 atom stereocenters. The molecule has 0 spiro atoms. The van der Waals surface area contributed by atoms with Crippen molar-refractivity contribution in [2.45, 2.75) is 28.5 Å². The second-order valence-corrected chi connectivity index (χ2v) is 10.6. The van der Waals surface area contributed by atoms with E-state index in [-0.39, 0.29) is 10.6 Å². The van der Waals surface area contributed by atoms with E-state index in [1.807, 2.05) is 12.1 Å². The summed E-state index contributed by atoms with van der Waals surface area (Å²) in [6.45, 7) is 0.874. The summed E-state index contributed by atoms with van der Waals surface area (Å²) in [4.78, 5) is 25.9. The van der Waals surface area contributed by atoms with E-state index in [2.05, 4.69) is 4.72 Å². The molecule has 0 radical (unpaired) electrons. The van der Waals surface area contributed by atoms with Crippen LogP contribution in [0.3, 0.4) is 0 Å². The van der Waals surface area contributed by atoms with E-state index in [0.717, 1.165) is 27.4 Å². The highest BCUT2D eigenvalue weighted by Gasteiger charge is 2.63. The van der Waals surface area contributed by atoms with Crippen LogP contribution < -0.4 is 4.72 Å². The van der Waals surface area contributed by atoms with Gasteiger partial charge in [0.2, 0.25) is 0 Å². The van der Waals surface area contributed by atoms with Crippen molar-refractivity contribution in [3.8, 4) is 0 Å². The first-order chi connectivity index (χ1) is 14.8. The standard InChI is InChI=1S/C21H22N2O6S2/c1-29-20(26)23-11-9-15(10-12-23)17-7-8-18(30-17)31(27,28)22-21(19(24)25)13-16(21)14-5-3-2-4-6-14/h2-9,16,22H,10-13H2,1H3,(H,24,25)/t16?,21-/m0/s1. The minimum Gasteiger partial charge on any atom is -0.480 e. The van der Waals surface area contributed by atoms with Crippen LogP contribution in [-0.4, -0.2) is 56.2 Å². The van der Waals surface area contributed by atoms with E-state index in [4.69, 9.17) is 4.74 Å². The molecule has 10 heteroatoms. The third-order valence-electron chi connectivity index (χ3n) is 5.67. The first-order valence-corrected chi connectivity index (χ1v) is 12.0. The Kier molecular flexibility index (Phi) is 5.63. The molecule has 2 N–H and O–H groups in total. The van der Waals surface area contributed by atoms with Crippen LogP contribution in [0.25, 0.3) is 5.57 Å². The van der Waals surface area contributed by atoms with Gasteiger partial charge >= 0.3 is 12.1 Å². The van der Waals surface area contributed by atoms with Crippen molar-refractivity contribution in [1.82, 2.24) is 9.62 Å². The molecule has 0 bridgehead atoms. The van der Waals surface area contributed by atoms with Crippen molar-refractivity contribution in [1.29, 1.82) is 0 Å². The van der Waals surface area contributed by atoms with Crippen LogP contribution in [0, 0.1) is 0 Å². The zero-order valence-corrected chi connectivity index (χ0v) is 18.4. The topological polar surface area (TPSA) is 113 Å². The Morgan fingerprint density at radius 2 is 1.97 bits per heavy atom. The van der Waals surface area contributed by atoms with Gasteiger partial charge in [0, 0.05) is 23.9 Å². The SMILES string of the molecule is COC(=O)N1CC=C(c2ccc(S(=O)(=O)N[C@@]3(C(=O)O)CC3c3ccccc3)s2)CC1. The lowest BCUT2D eigenvalue weighted by atomic mass is 10.1. The molecule has 0 saturated heterocycles. The number of nitrogens with one attached hydrogen (secondary N) is 1. The van der Waals surface area contributed by atoms with Gasteiger partial charge < -0.3 is 14.7 Å². The number of carboxylic acid groups (broad SMARTS) is 1. The van der Waals surface area contributed by atoms with E-state index >= 15 is 0 Å². The summed E-state index contributed by atoms with van der Waals surface area (Å²) in [5.41, 5.74) is 0.213. The Bertz CT molecular complexity index is 1140. The quantitative estimate of drug-likeness (QED) is 0.683. The number of amides is 1. The molecular formula is C21H22N2O6S2. The highest BCUT2D eigenvalue weighted by molar-refractivity contribution is 7.91. The Morgan fingerprint density at radius 3 is 2.58 bits per heavy atom. The fourth-order valence-corrected chi connectivity index (χ4v) is 6.64. The summed E-state index contributed by atoms with van der Waals surface area (Å²) in [6, 6.07) is 12.3. The minimum absolute atomic E-state index is 0.0677. The predicted octanol–water partition coefficient (Wildman–Crippen LogP) is 2.89. The number of hydrogen-bond acceptors (Lipinski definition) is 6. The molecule has 1 fully saturated rings. The molecule has 1 aliphatic heterocycles. The molecular weight excluding hydrogens is 440 g/mol. The summed E-state index contributed by atoms with van der Waals surface area (Å²) < 4.78 is 33.2. The Balaban J connectivity index is 1.51. The summed E-state index contributed by atoms with van der Waals surface area (Å²) in [5, 5.41) is 9.77. The Hall–Kier alpha value is -2.69. The Morgan fingerprint density at radius 1 is 1.23 bits per heavy atom. The van der Waals surface area contributed by atoms with Gasteiger partial charge in [-0.25, -0.2) is 13.2 Å². The lowest BCUT2D eigenvalue weighted by Gasteiger charge is -2.24. The zero-order chi connectivity index (χ0) is 22.2. The average Bonchev–Trinajstić information content (AvgIpc) is 3.27. The van der Waals surface area contributed by atoms with Crippen molar-refractivity contribution in [3.63, 3.8) is 0 Å². The number of carboxylic acids is 1. The van der Waals surface area contributed by atoms with Gasteiger partial charge in [0.05, 0.1) is 7.11 Å². The van der Waals surface area contributed by atoms with E-state index < -0.39 is 33.5 Å². The van der Waals surface area contributed by atoms with Crippen LogP contribution in [0.2, 0.25) is 0 Å². The van der Waals surface area contributed by atoms with E-state index in [9.17, 15) is 23.1 Å². The number of thiophene rings is 1. The third kappa shape index (κ3) is 4.10. The summed E-state index contributed by atoms with van der Waals surface area (Å²) >= 11 is 1.09. The average molecular weight is 463 g/mol. The second-order valence-electron chi connectivity index (χ2n) is 7.56. The predicted molar refractivity (Wildman–Crippen MR) is 115 cm³/mol. The maximum Gasteiger partial charge on any atom is 0.409 e. The van der Waals surface area contributed by atoms with Crippen LogP contribution in [0.4, 0.5) is 4.79 Å². The number of carbonyl (C=O) groups excluding carboxylic acids is 1. The highest BCUT2D eigenvalue weighted by Crippen LogP contribution is 2.52. The van der Waals surface area contributed by atoms with Gasteiger partial charge in [0.1, 0.15) is 9.75 Å². The summed E-state index contributed by atoms with van der Waals surface area (Å²) in [6.07, 6.45) is 2.27. The number of sulfonamides is 1. The number of aliphatic carboxylic acids is 1. The molecule has 1 aromatic carbocycles. The lowest BCUT2D eigenvalue weighted by Crippen LogP contribution is -2.44. The number of benzene rings is 1. The van der Waals surface area contributed by atoms with E-state index in [1.54, 1.807) is 35.2 Å². The van der Waals surface area contributed by atoms with Crippen molar-refractivity contribution in [3.05, 3.63) is 59.0 Å². The third-order valence-corrected chi connectivity index (χ3v) is 8.83. The van der Waals surface area contributed by atoms with Crippen LogP contribution in [-0.2, 0) is 19.6 Å². The molecule has 2 heterocycles. The minimum atomic E-state index is -4.01. The van der Waals surface area contributed by atoms with Gasteiger partial charge in [0.15, 0.2) is 0 Å². The van der Waals surface area contributed by atoms with Crippen molar-refractivity contribution in [2.24, 2.45) is 0 Å². The van der Waals surface area contributed by atoms with Gasteiger partial charge in [-0.2, -0.15) is 4.72 Å². The molecule has 1 unspecified atom stereocenters.